The van der Waals surface area contributed by atoms with Gasteiger partial charge in [0.05, 0.1) is 12.0 Å². The van der Waals surface area contributed by atoms with E-state index in [1.807, 2.05) is 0 Å². The zero-order chi connectivity index (χ0) is 19.3. The summed E-state index contributed by atoms with van der Waals surface area (Å²) in [5.74, 6) is -1.32. The molecule has 1 fully saturated rings. The lowest BCUT2D eigenvalue weighted by Crippen LogP contribution is -2.34. The number of fused-ring (bicyclic) bond motifs is 1. The number of hydrogen-bond donors (Lipinski definition) is 0. The van der Waals surface area contributed by atoms with Gasteiger partial charge in [0.1, 0.15) is 4.90 Å². The number of hydrogen-bond acceptors (Lipinski definition) is 4. The summed E-state index contributed by atoms with van der Waals surface area (Å²) in [6.07, 6.45) is -4.34. The molecule has 0 N–H and O–H groups in total. The summed E-state index contributed by atoms with van der Waals surface area (Å²) in [7, 11) is -4.02. The summed E-state index contributed by atoms with van der Waals surface area (Å²) in [6.45, 7) is 1.07. The Balaban J connectivity index is 1.89. The van der Waals surface area contributed by atoms with E-state index >= 15 is 0 Å². The van der Waals surface area contributed by atoms with Crippen LogP contribution in [0.15, 0.2) is 23.1 Å². The average molecular weight is 390 g/mol. The van der Waals surface area contributed by atoms with Gasteiger partial charge in [-0.25, -0.2) is 12.7 Å². The lowest BCUT2D eigenvalue weighted by Gasteiger charge is -2.21. The zero-order valence-electron chi connectivity index (χ0n) is 13.9. The zero-order valence-corrected chi connectivity index (χ0v) is 14.7. The van der Waals surface area contributed by atoms with Crippen molar-refractivity contribution in [3.63, 3.8) is 0 Å². The van der Waals surface area contributed by atoms with Crippen molar-refractivity contribution in [3.05, 3.63) is 29.3 Å². The van der Waals surface area contributed by atoms with E-state index < -0.39 is 41.0 Å². The molecular formula is C16H17F3N2O4S. The van der Waals surface area contributed by atoms with Crippen molar-refractivity contribution in [1.29, 1.82) is 0 Å². The summed E-state index contributed by atoms with van der Waals surface area (Å²) < 4.78 is 63.2. The van der Waals surface area contributed by atoms with Gasteiger partial charge in [-0.2, -0.15) is 13.2 Å². The molecule has 2 amide bonds. The molecule has 1 aromatic rings. The van der Waals surface area contributed by atoms with Gasteiger partial charge in [0.25, 0.3) is 21.8 Å². The molecular weight excluding hydrogens is 373 g/mol. The van der Waals surface area contributed by atoms with Crippen LogP contribution in [0, 0.1) is 0 Å². The number of carbonyl (C=O) groups excluding carboxylic acids is 2. The Labute approximate surface area is 148 Å². The Morgan fingerprint density at radius 2 is 1.96 bits per heavy atom. The van der Waals surface area contributed by atoms with Crippen molar-refractivity contribution < 1.29 is 31.2 Å². The average Bonchev–Trinajstić information content (AvgIpc) is 3.35. The number of sulfonamides is 1. The molecule has 0 radical (unpaired) electrons. The van der Waals surface area contributed by atoms with Gasteiger partial charge in [-0.05, 0) is 38.0 Å². The monoisotopic (exact) mass is 390 g/mol. The van der Waals surface area contributed by atoms with Crippen LogP contribution in [0.2, 0.25) is 0 Å². The van der Waals surface area contributed by atoms with Crippen LogP contribution in [0.1, 0.15) is 46.9 Å². The molecule has 142 valence electrons. The second-order valence-corrected chi connectivity index (χ2v) is 8.08. The molecule has 6 nitrogen and oxygen atoms in total. The first-order valence-electron chi connectivity index (χ1n) is 8.15. The molecule has 0 unspecified atom stereocenters. The predicted molar refractivity (Wildman–Crippen MR) is 85.1 cm³/mol. The minimum atomic E-state index is -4.40. The maximum atomic E-state index is 12.6. The van der Waals surface area contributed by atoms with E-state index in [4.69, 9.17) is 0 Å². The van der Waals surface area contributed by atoms with E-state index in [1.54, 1.807) is 0 Å². The van der Waals surface area contributed by atoms with Gasteiger partial charge in [-0.1, -0.05) is 0 Å². The third-order valence-electron chi connectivity index (χ3n) is 4.41. The van der Waals surface area contributed by atoms with E-state index in [1.165, 1.54) is 19.1 Å². The Morgan fingerprint density at radius 1 is 1.31 bits per heavy atom. The van der Waals surface area contributed by atoms with Crippen LogP contribution < -0.4 is 0 Å². The Bertz CT molecular complexity index is 863. The van der Waals surface area contributed by atoms with Crippen LogP contribution in [0.25, 0.3) is 0 Å². The maximum absolute atomic E-state index is 12.6. The van der Waals surface area contributed by atoms with Crippen molar-refractivity contribution in [2.75, 3.05) is 13.1 Å². The second-order valence-electron chi connectivity index (χ2n) is 6.30. The first-order valence-corrected chi connectivity index (χ1v) is 9.59. The Morgan fingerprint density at radius 3 is 2.50 bits per heavy atom. The number of carbonyl (C=O) groups is 2. The molecule has 0 bridgehead atoms. The normalized spacial score (nSPS) is 18.8. The molecule has 0 atom stereocenters. The molecule has 3 rings (SSSR count). The molecule has 0 saturated heterocycles. The smallest absolute Gasteiger partial charge is 0.339 e. The van der Waals surface area contributed by atoms with Crippen LogP contribution in [0.5, 0.6) is 0 Å². The highest BCUT2D eigenvalue weighted by Crippen LogP contribution is 2.39. The topological polar surface area (TPSA) is 74.8 Å². The number of halogens is 3. The number of rotatable bonds is 5. The van der Waals surface area contributed by atoms with Gasteiger partial charge in [-0.3, -0.25) is 9.59 Å². The second kappa shape index (κ2) is 6.26. The first-order chi connectivity index (χ1) is 12.1. The van der Waals surface area contributed by atoms with E-state index in [2.05, 4.69) is 0 Å². The number of alkyl halides is 3. The molecule has 2 aliphatic rings. The predicted octanol–water partition coefficient (Wildman–Crippen LogP) is 2.41. The largest absolute Gasteiger partial charge is 0.390 e. The third-order valence-corrected chi connectivity index (χ3v) is 6.28. The van der Waals surface area contributed by atoms with Crippen LogP contribution in [0.4, 0.5) is 13.2 Å². The fraction of sp³-hybridized carbons (Fsp3) is 0.500. The summed E-state index contributed by atoms with van der Waals surface area (Å²) in [4.78, 5) is 25.5. The molecule has 1 aliphatic carbocycles. The SMILES string of the molecule is CCN(CCC(F)(F)F)C(=O)c1ccc2c(c1)S(=O)(=O)N(C1CC1)C2=O. The standard InChI is InChI=1S/C16H17F3N2O4S/c1-2-20(8-7-16(17,18)19)14(22)10-3-6-12-13(9-10)26(24,25)21(15(12)23)11-4-5-11/h3,6,9,11H,2,4-5,7-8H2,1H3. The summed E-state index contributed by atoms with van der Waals surface area (Å²) in [6, 6.07) is 3.27. The maximum Gasteiger partial charge on any atom is 0.390 e. The van der Waals surface area contributed by atoms with Gasteiger partial charge in [0, 0.05) is 24.7 Å². The summed E-state index contributed by atoms with van der Waals surface area (Å²) in [5, 5.41) is 0. The van der Waals surface area contributed by atoms with E-state index in [-0.39, 0.29) is 28.6 Å². The van der Waals surface area contributed by atoms with Crippen molar-refractivity contribution >= 4 is 21.8 Å². The minimum absolute atomic E-state index is 0.00760. The Kier molecular flexibility index (Phi) is 4.50. The van der Waals surface area contributed by atoms with Crippen molar-refractivity contribution in [3.8, 4) is 0 Å². The van der Waals surface area contributed by atoms with E-state index in [0.29, 0.717) is 12.8 Å². The first kappa shape index (κ1) is 18.7. The fourth-order valence-corrected chi connectivity index (χ4v) is 4.74. The third kappa shape index (κ3) is 3.29. The quantitative estimate of drug-likeness (QED) is 0.774. The number of nitrogens with zero attached hydrogens (tertiary/aromatic N) is 2. The van der Waals surface area contributed by atoms with Gasteiger partial charge >= 0.3 is 6.18 Å². The summed E-state index contributed by atoms with van der Waals surface area (Å²) in [5.41, 5.74) is -0.0615. The van der Waals surface area contributed by atoms with Crippen molar-refractivity contribution in [2.24, 2.45) is 0 Å². The van der Waals surface area contributed by atoms with Gasteiger partial charge < -0.3 is 4.90 Å². The van der Waals surface area contributed by atoms with Crippen molar-refractivity contribution in [2.45, 2.75) is 43.3 Å². The fourth-order valence-electron chi connectivity index (χ4n) is 2.90. The van der Waals surface area contributed by atoms with Crippen LogP contribution >= 0.6 is 0 Å². The highest BCUT2D eigenvalue weighted by atomic mass is 32.2. The van der Waals surface area contributed by atoms with E-state index in [9.17, 15) is 31.2 Å². The highest BCUT2D eigenvalue weighted by Gasteiger charge is 2.48. The number of benzene rings is 1. The molecule has 1 aromatic carbocycles. The van der Waals surface area contributed by atoms with E-state index in [0.717, 1.165) is 15.3 Å². The lowest BCUT2D eigenvalue weighted by molar-refractivity contribution is -0.136. The molecule has 1 heterocycles. The summed E-state index contributed by atoms with van der Waals surface area (Å²) >= 11 is 0. The lowest BCUT2D eigenvalue weighted by atomic mass is 10.1. The molecule has 1 saturated carbocycles. The Hall–Kier alpha value is -2.10. The van der Waals surface area contributed by atoms with Gasteiger partial charge in [-0.15, -0.1) is 0 Å². The minimum Gasteiger partial charge on any atom is -0.339 e. The van der Waals surface area contributed by atoms with Crippen molar-refractivity contribution in [1.82, 2.24) is 9.21 Å². The highest BCUT2D eigenvalue weighted by molar-refractivity contribution is 7.90. The molecule has 0 spiro atoms. The van der Waals surface area contributed by atoms with Crippen LogP contribution in [-0.4, -0.2) is 54.7 Å². The molecule has 26 heavy (non-hydrogen) atoms. The molecule has 1 aliphatic heterocycles. The molecule has 0 aromatic heterocycles. The van der Waals surface area contributed by atoms with Gasteiger partial charge in [0.2, 0.25) is 0 Å². The number of amides is 2. The van der Waals surface area contributed by atoms with Crippen LogP contribution in [-0.2, 0) is 10.0 Å². The van der Waals surface area contributed by atoms with Gasteiger partial charge in [0.15, 0.2) is 0 Å². The molecule has 10 heteroatoms. The van der Waals surface area contributed by atoms with Crippen LogP contribution in [0.3, 0.4) is 0 Å².